The second kappa shape index (κ2) is 9.32. The van der Waals surface area contributed by atoms with Crippen LogP contribution in [0, 0.1) is 5.92 Å². The van der Waals surface area contributed by atoms with E-state index < -0.39 is 5.91 Å². The van der Waals surface area contributed by atoms with Crippen molar-refractivity contribution in [1.29, 1.82) is 0 Å². The van der Waals surface area contributed by atoms with Gasteiger partial charge in [-0.2, -0.15) is 0 Å². The van der Waals surface area contributed by atoms with Crippen molar-refractivity contribution in [3.8, 4) is 5.75 Å². The highest BCUT2D eigenvalue weighted by Gasteiger charge is 2.21. The van der Waals surface area contributed by atoms with E-state index in [0.717, 1.165) is 44.8 Å². The van der Waals surface area contributed by atoms with Crippen LogP contribution < -0.4 is 20.4 Å². The second-order valence-electron chi connectivity index (χ2n) is 7.92. The fourth-order valence-corrected chi connectivity index (χ4v) is 4.13. The molecule has 9 nitrogen and oxygen atoms in total. The number of benzene rings is 1. The van der Waals surface area contributed by atoms with Crippen molar-refractivity contribution in [3.63, 3.8) is 0 Å². The lowest BCUT2D eigenvalue weighted by Gasteiger charge is -2.32. The number of hydrogen-bond donors (Lipinski definition) is 3. The molecule has 1 aromatic carbocycles. The van der Waals surface area contributed by atoms with Crippen LogP contribution in [0.4, 0.5) is 5.95 Å². The smallest absolute Gasteiger partial charge is 0.277 e. The molecule has 0 aliphatic carbocycles. The number of hydroxylamine groups is 1. The number of aryl methyl sites for hydroxylation is 1. The van der Waals surface area contributed by atoms with Gasteiger partial charge in [-0.15, -0.1) is 0 Å². The normalized spacial score (nSPS) is 14.7. The van der Waals surface area contributed by atoms with Gasteiger partial charge >= 0.3 is 0 Å². The first-order valence-corrected chi connectivity index (χ1v) is 10.4. The minimum Gasteiger partial charge on any atom is -0.497 e. The van der Waals surface area contributed by atoms with Crippen LogP contribution in [-0.4, -0.2) is 52.4 Å². The van der Waals surface area contributed by atoms with Crippen molar-refractivity contribution in [1.82, 2.24) is 25.3 Å². The predicted octanol–water partition coefficient (Wildman–Crippen LogP) is 2.10. The number of carbonyl (C=O) groups excluding carboxylic acids is 1. The molecule has 0 unspecified atom stereocenters. The molecule has 4 rings (SSSR count). The minimum absolute atomic E-state index is 0.233. The molecule has 3 N–H and O–H groups in total. The second-order valence-corrected chi connectivity index (χ2v) is 7.92. The van der Waals surface area contributed by atoms with Crippen molar-refractivity contribution in [2.45, 2.75) is 19.4 Å². The maximum Gasteiger partial charge on any atom is 0.277 e. The van der Waals surface area contributed by atoms with Crippen LogP contribution in [0.15, 0.2) is 36.8 Å². The number of aromatic nitrogens is 3. The fourth-order valence-electron chi connectivity index (χ4n) is 4.13. The van der Waals surface area contributed by atoms with Crippen molar-refractivity contribution in [2.75, 3.05) is 31.6 Å². The van der Waals surface area contributed by atoms with Gasteiger partial charge in [-0.25, -0.2) is 15.4 Å². The Morgan fingerprint density at radius 2 is 2.00 bits per heavy atom. The molecule has 1 aliphatic rings. The molecule has 31 heavy (non-hydrogen) atoms. The van der Waals surface area contributed by atoms with E-state index in [1.807, 2.05) is 6.07 Å². The quantitative estimate of drug-likeness (QED) is 0.394. The Hall–Kier alpha value is -3.17. The molecule has 1 amide bonds. The van der Waals surface area contributed by atoms with Crippen LogP contribution >= 0.6 is 0 Å². The van der Waals surface area contributed by atoms with E-state index in [2.05, 4.69) is 50.1 Å². The largest absolute Gasteiger partial charge is 0.497 e. The highest BCUT2D eigenvalue weighted by molar-refractivity contribution is 5.92. The molecule has 0 bridgehead atoms. The van der Waals surface area contributed by atoms with Gasteiger partial charge in [0, 0.05) is 56.2 Å². The summed E-state index contributed by atoms with van der Waals surface area (Å²) in [6.07, 6.45) is 7.15. The lowest BCUT2D eigenvalue weighted by molar-refractivity contribution is 0.0705. The molecule has 164 valence electrons. The molecular weight excluding hydrogens is 396 g/mol. The van der Waals surface area contributed by atoms with Gasteiger partial charge in [-0.3, -0.25) is 10.0 Å². The third kappa shape index (κ3) is 4.62. The molecule has 0 atom stereocenters. The first kappa shape index (κ1) is 21.1. The molecule has 2 aromatic heterocycles. The number of amides is 1. The van der Waals surface area contributed by atoms with E-state index in [1.54, 1.807) is 12.6 Å². The number of piperidine rings is 1. The maximum absolute atomic E-state index is 11.4. The highest BCUT2D eigenvalue weighted by Crippen LogP contribution is 2.26. The number of methoxy groups -OCH3 is 1. The van der Waals surface area contributed by atoms with E-state index in [9.17, 15) is 4.79 Å². The number of fused-ring (bicyclic) bond motifs is 1. The Morgan fingerprint density at radius 1 is 1.26 bits per heavy atom. The number of nitrogens with zero attached hydrogens (tertiary/aromatic N) is 4. The summed E-state index contributed by atoms with van der Waals surface area (Å²) in [5, 5.41) is 13.5. The highest BCUT2D eigenvalue weighted by atomic mass is 16.5. The summed E-state index contributed by atoms with van der Waals surface area (Å²) in [6, 6.07) is 6.18. The molecule has 1 saturated heterocycles. The molecule has 1 aliphatic heterocycles. The van der Waals surface area contributed by atoms with Crippen molar-refractivity contribution < 1.29 is 14.7 Å². The van der Waals surface area contributed by atoms with Crippen molar-refractivity contribution >= 4 is 22.8 Å². The van der Waals surface area contributed by atoms with E-state index in [-0.39, 0.29) is 5.56 Å². The lowest BCUT2D eigenvalue weighted by Crippen LogP contribution is -2.38. The van der Waals surface area contributed by atoms with E-state index >= 15 is 0 Å². The summed E-state index contributed by atoms with van der Waals surface area (Å²) >= 11 is 0. The third-order valence-electron chi connectivity index (χ3n) is 5.93. The molecule has 0 radical (unpaired) electrons. The summed E-state index contributed by atoms with van der Waals surface area (Å²) < 4.78 is 7.53. The third-order valence-corrected chi connectivity index (χ3v) is 5.93. The number of hydrogen-bond acceptors (Lipinski definition) is 7. The van der Waals surface area contributed by atoms with Crippen LogP contribution in [0.5, 0.6) is 5.75 Å². The molecule has 0 saturated carbocycles. The number of carbonyl (C=O) groups is 1. The zero-order chi connectivity index (χ0) is 21.8. The number of anilines is 1. The van der Waals surface area contributed by atoms with Crippen LogP contribution in [0.1, 0.15) is 28.8 Å². The van der Waals surface area contributed by atoms with Gasteiger partial charge in [0.15, 0.2) is 0 Å². The Balaban J connectivity index is 1.28. The van der Waals surface area contributed by atoms with Crippen LogP contribution in [-0.2, 0) is 13.6 Å². The van der Waals surface area contributed by atoms with Gasteiger partial charge in [-0.05, 0) is 49.1 Å². The average molecular weight is 425 g/mol. The topological polar surface area (TPSA) is 105 Å². The summed E-state index contributed by atoms with van der Waals surface area (Å²) in [4.78, 5) is 22.0. The summed E-state index contributed by atoms with van der Waals surface area (Å²) in [5.41, 5.74) is 4.29. The number of nitrogens with one attached hydrogen (secondary N) is 2. The van der Waals surface area contributed by atoms with E-state index in [0.29, 0.717) is 11.9 Å². The first-order valence-electron chi connectivity index (χ1n) is 10.4. The number of ether oxygens (including phenoxy) is 1. The van der Waals surface area contributed by atoms with Crippen LogP contribution in [0.2, 0.25) is 0 Å². The maximum atomic E-state index is 11.4. The number of rotatable bonds is 7. The first-order chi connectivity index (χ1) is 15.1. The van der Waals surface area contributed by atoms with E-state index in [4.69, 9.17) is 9.94 Å². The van der Waals surface area contributed by atoms with Gasteiger partial charge in [-0.1, -0.05) is 0 Å². The average Bonchev–Trinajstić information content (AvgIpc) is 3.13. The van der Waals surface area contributed by atoms with Gasteiger partial charge in [0.05, 0.1) is 12.7 Å². The standard InChI is InChI=1S/C22H28N6O3/c1-27-14-17(19-9-18(31-2)3-4-20(19)27)11-23-10-15-5-7-28(8-6-15)22-24-12-16(13-25-22)21(29)26-30/h3-4,9,12-15,23,30H,5-8,10-11H2,1-2H3,(H,26,29). The zero-order valence-corrected chi connectivity index (χ0v) is 17.8. The minimum atomic E-state index is -0.610. The van der Waals surface area contributed by atoms with Crippen LogP contribution in [0.25, 0.3) is 10.9 Å². The van der Waals surface area contributed by atoms with Gasteiger partial charge < -0.3 is 19.5 Å². The Bertz CT molecular complexity index is 1040. The van der Waals surface area contributed by atoms with Gasteiger partial charge in [0.2, 0.25) is 5.95 Å². The SMILES string of the molecule is COc1ccc2c(c1)c(CNCC1CCN(c3ncc(C(=O)NO)cn3)CC1)cn2C. The molecular formula is C22H28N6O3. The molecule has 3 heterocycles. The molecule has 9 heteroatoms. The van der Waals surface area contributed by atoms with Crippen LogP contribution in [0.3, 0.4) is 0 Å². The monoisotopic (exact) mass is 424 g/mol. The molecule has 1 fully saturated rings. The summed E-state index contributed by atoms with van der Waals surface area (Å²) in [6.45, 7) is 3.54. The Labute approximate surface area is 181 Å². The molecule has 3 aromatic rings. The predicted molar refractivity (Wildman–Crippen MR) is 117 cm³/mol. The molecule has 0 spiro atoms. The summed E-state index contributed by atoms with van der Waals surface area (Å²) in [7, 11) is 3.76. The van der Waals surface area contributed by atoms with Gasteiger partial charge in [0.25, 0.3) is 5.91 Å². The lowest BCUT2D eigenvalue weighted by atomic mass is 9.97. The van der Waals surface area contributed by atoms with E-state index in [1.165, 1.54) is 28.9 Å². The Kier molecular flexibility index (Phi) is 6.34. The van der Waals surface area contributed by atoms with Crippen molar-refractivity contribution in [2.24, 2.45) is 13.0 Å². The Morgan fingerprint density at radius 3 is 2.68 bits per heavy atom. The van der Waals surface area contributed by atoms with Gasteiger partial charge in [0.1, 0.15) is 5.75 Å². The summed E-state index contributed by atoms with van der Waals surface area (Å²) in [5.74, 6) is 1.48. The zero-order valence-electron chi connectivity index (χ0n) is 17.8. The van der Waals surface area contributed by atoms with Crippen molar-refractivity contribution in [3.05, 3.63) is 47.9 Å². The fraction of sp³-hybridized carbons (Fsp3) is 0.409.